The maximum absolute atomic E-state index is 11.9. The number of carbonyl (C=O) groups is 1. The zero-order valence-corrected chi connectivity index (χ0v) is 13.9. The van der Waals surface area contributed by atoms with E-state index in [4.69, 9.17) is 14.7 Å². The number of methoxy groups -OCH3 is 1. The Labute approximate surface area is 140 Å². The number of ether oxygens (including phenoxy) is 2. The first-order valence-corrected chi connectivity index (χ1v) is 8.20. The Bertz CT molecular complexity index is 720. The van der Waals surface area contributed by atoms with E-state index >= 15 is 0 Å². The molecule has 0 fully saturated rings. The van der Waals surface area contributed by atoms with Crippen LogP contribution in [-0.4, -0.2) is 18.8 Å². The van der Waals surface area contributed by atoms with Crippen molar-refractivity contribution in [3.8, 4) is 17.6 Å². The molecule has 5 heteroatoms. The third-order valence-electron chi connectivity index (χ3n) is 3.13. The van der Waals surface area contributed by atoms with Gasteiger partial charge in [0.2, 0.25) is 0 Å². The van der Waals surface area contributed by atoms with Crippen molar-refractivity contribution >= 4 is 17.7 Å². The molecule has 2 aromatic carbocycles. The highest BCUT2D eigenvalue weighted by molar-refractivity contribution is 7.99. The summed E-state index contributed by atoms with van der Waals surface area (Å²) in [5.41, 5.74) is 2.84. The standard InChI is InChI=1S/C18H17NO3S/c1-13-3-5-14(6-4-13)11-23-12-18(20)22-16-8-7-15(10-19)9-17(16)21-2/h3-9H,11-12H2,1-2H3. The van der Waals surface area contributed by atoms with E-state index in [1.807, 2.05) is 13.0 Å². The predicted molar refractivity (Wildman–Crippen MR) is 90.7 cm³/mol. The number of benzene rings is 2. The summed E-state index contributed by atoms with van der Waals surface area (Å²) >= 11 is 1.49. The van der Waals surface area contributed by atoms with Crippen molar-refractivity contribution in [2.24, 2.45) is 0 Å². The normalized spacial score (nSPS) is 9.96. The number of carbonyl (C=O) groups excluding carboxylic acids is 1. The molecule has 0 spiro atoms. The van der Waals surface area contributed by atoms with Gasteiger partial charge in [-0.2, -0.15) is 5.26 Å². The maximum Gasteiger partial charge on any atom is 0.321 e. The first-order chi connectivity index (χ1) is 11.1. The van der Waals surface area contributed by atoms with E-state index < -0.39 is 0 Å². The van der Waals surface area contributed by atoms with Gasteiger partial charge >= 0.3 is 5.97 Å². The van der Waals surface area contributed by atoms with E-state index in [-0.39, 0.29) is 11.7 Å². The van der Waals surface area contributed by atoms with Crippen molar-refractivity contribution in [2.75, 3.05) is 12.9 Å². The largest absolute Gasteiger partial charge is 0.493 e. The van der Waals surface area contributed by atoms with Gasteiger partial charge in [-0.05, 0) is 24.6 Å². The molecule has 0 unspecified atom stereocenters. The van der Waals surface area contributed by atoms with Crippen LogP contribution in [0.3, 0.4) is 0 Å². The third kappa shape index (κ3) is 5.04. The molecule has 23 heavy (non-hydrogen) atoms. The Morgan fingerprint density at radius 2 is 1.91 bits per heavy atom. The quantitative estimate of drug-likeness (QED) is 0.598. The summed E-state index contributed by atoms with van der Waals surface area (Å²) in [6.45, 7) is 2.04. The summed E-state index contributed by atoms with van der Waals surface area (Å²) in [4.78, 5) is 11.9. The van der Waals surface area contributed by atoms with Gasteiger partial charge in [0, 0.05) is 11.8 Å². The molecule has 0 N–H and O–H groups in total. The Morgan fingerprint density at radius 1 is 1.17 bits per heavy atom. The Balaban J connectivity index is 1.87. The predicted octanol–water partition coefficient (Wildman–Crippen LogP) is 3.71. The molecule has 0 saturated heterocycles. The molecule has 0 aliphatic heterocycles. The second-order valence-electron chi connectivity index (χ2n) is 4.93. The lowest BCUT2D eigenvalue weighted by atomic mass is 10.2. The van der Waals surface area contributed by atoms with E-state index in [0.29, 0.717) is 17.1 Å². The van der Waals surface area contributed by atoms with Gasteiger partial charge in [0.15, 0.2) is 11.5 Å². The van der Waals surface area contributed by atoms with Gasteiger partial charge in [-0.3, -0.25) is 4.79 Å². The van der Waals surface area contributed by atoms with E-state index in [2.05, 4.69) is 24.3 Å². The molecular formula is C18H17NO3S. The Hall–Kier alpha value is -2.45. The number of hydrogen-bond donors (Lipinski definition) is 0. The molecule has 0 aliphatic rings. The molecule has 0 bridgehead atoms. The van der Waals surface area contributed by atoms with E-state index in [1.54, 1.807) is 18.2 Å². The molecule has 0 heterocycles. The van der Waals surface area contributed by atoms with E-state index in [9.17, 15) is 4.79 Å². The molecule has 0 amide bonds. The van der Waals surface area contributed by atoms with Gasteiger partial charge in [-0.1, -0.05) is 29.8 Å². The number of rotatable bonds is 6. The van der Waals surface area contributed by atoms with Crippen molar-refractivity contribution in [1.29, 1.82) is 5.26 Å². The summed E-state index contributed by atoms with van der Waals surface area (Å²) in [7, 11) is 1.47. The maximum atomic E-state index is 11.9. The minimum Gasteiger partial charge on any atom is -0.493 e. The molecule has 118 valence electrons. The Kier molecular flexibility index (Phi) is 6.07. The highest BCUT2D eigenvalue weighted by Gasteiger charge is 2.11. The van der Waals surface area contributed by atoms with Crippen LogP contribution in [0.2, 0.25) is 0 Å². The summed E-state index contributed by atoms with van der Waals surface area (Å²) in [6.07, 6.45) is 0. The van der Waals surface area contributed by atoms with Gasteiger partial charge in [0.05, 0.1) is 24.5 Å². The minimum absolute atomic E-state index is 0.247. The van der Waals surface area contributed by atoms with Crippen LogP contribution in [0.25, 0.3) is 0 Å². The number of nitriles is 1. The summed E-state index contributed by atoms with van der Waals surface area (Å²) < 4.78 is 10.4. The van der Waals surface area contributed by atoms with Crippen LogP contribution >= 0.6 is 11.8 Å². The van der Waals surface area contributed by atoms with Crippen molar-refractivity contribution in [2.45, 2.75) is 12.7 Å². The smallest absolute Gasteiger partial charge is 0.321 e. The number of esters is 1. The van der Waals surface area contributed by atoms with Crippen LogP contribution in [0.1, 0.15) is 16.7 Å². The van der Waals surface area contributed by atoms with Gasteiger partial charge in [0.1, 0.15) is 0 Å². The van der Waals surface area contributed by atoms with Crippen LogP contribution in [0.15, 0.2) is 42.5 Å². The molecule has 2 aromatic rings. The first kappa shape index (κ1) is 16.9. The zero-order chi connectivity index (χ0) is 16.7. The van der Waals surface area contributed by atoms with Crippen LogP contribution in [0.4, 0.5) is 0 Å². The average molecular weight is 327 g/mol. The van der Waals surface area contributed by atoms with Crippen molar-refractivity contribution in [3.05, 3.63) is 59.2 Å². The number of thioether (sulfide) groups is 1. The fraction of sp³-hybridized carbons (Fsp3) is 0.222. The van der Waals surface area contributed by atoms with Crippen molar-refractivity contribution < 1.29 is 14.3 Å². The lowest BCUT2D eigenvalue weighted by Gasteiger charge is -2.09. The SMILES string of the molecule is COc1cc(C#N)ccc1OC(=O)CSCc1ccc(C)cc1. The molecular weight excluding hydrogens is 310 g/mol. The summed E-state index contributed by atoms with van der Waals surface area (Å²) in [5, 5.41) is 8.86. The van der Waals surface area contributed by atoms with Crippen LogP contribution in [-0.2, 0) is 10.5 Å². The molecule has 0 atom stereocenters. The number of nitrogens with zero attached hydrogens (tertiary/aromatic N) is 1. The fourth-order valence-electron chi connectivity index (χ4n) is 1.91. The molecule has 2 rings (SSSR count). The lowest BCUT2D eigenvalue weighted by molar-refractivity contribution is -0.131. The second-order valence-corrected chi connectivity index (χ2v) is 5.92. The second kappa shape index (κ2) is 8.25. The van der Waals surface area contributed by atoms with Gasteiger partial charge in [0.25, 0.3) is 0 Å². The van der Waals surface area contributed by atoms with Crippen molar-refractivity contribution in [3.63, 3.8) is 0 Å². The lowest BCUT2D eigenvalue weighted by Crippen LogP contribution is -2.11. The van der Waals surface area contributed by atoms with Crippen LogP contribution in [0.5, 0.6) is 11.5 Å². The molecule has 0 radical (unpaired) electrons. The van der Waals surface area contributed by atoms with E-state index in [1.165, 1.54) is 30.0 Å². The van der Waals surface area contributed by atoms with Crippen LogP contribution < -0.4 is 9.47 Å². The minimum atomic E-state index is -0.342. The topological polar surface area (TPSA) is 59.3 Å². The average Bonchev–Trinajstić information content (AvgIpc) is 2.57. The fourth-order valence-corrected chi connectivity index (χ4v) is 2.67. The summed E-state index contributed by atoms with van der Waals surface area (Å²) in [5.74, 6) is 1.36. The van der Waals surface area contributed by atoms with Gasteiger partial charge in [-0.25, -0.2) is 0 Å². The highest BCUT2D eigenvalue weighted by atomic mass is 32.2. The van der Waals surface area contributed by atoms with Gasteiger partial charge < -0.3 is 9.47 Å². The highest BCUT2D eigenvalue weighted by Crippen LogP contribution is 2.28. The Morgan fingerprint density at radius 3 is 2.57 bits per heavy atom. The molecule has 0 aliphatic carbocycles. The van der Waals surface area contributed by atoms with Gasteiger partial charge in [-0.15, -0.1) is 11.8 Å². The number of hydrogen-bond acceptors (Lipinski definition) is 5. The van der Waals surface area contributed by atoms with E-state index in [0.717, 1.165) is 5.75 Å². The van der Waals surface area contributed by atoms with Crippen molar-refractivity contribution in [1.82, 2.24) is 0 Å². The molecule has 0 saturated carbocycles. The number of aryl methyl sites for hydroxylation is 1. The monoisotopic (exact) mass is 327 g/mol. The third-order valence-corrected chi connectivity index (χ3v) is 4.10. The first-order valence-electron chi connectivity index (χ1n) is 7.04. The summed E-state index contributed by atoms with van der Waals surface area (Å²) in [6, 6.07) is 14.9. The van der Waals surface area contributed by atoms with Crippen LogP contribution in [0, 0.1) is 18.3 Å². The molecule has 4 nitrogen and oxygen atoms in total. The molecule has 0 aromatic heterocycles. The zero-order valence-electron chi connectivity index (χ0n) is 13.0.